The van der Waals surface area contributed by atoms with Crippen LogP contribution in [0.15, 0.2) is 157 Å². The summed E-state index contributed by atoms with van der Waals surface area (Å²) < 4.78 is 85.2. The SMILES string of the molecule is CC(=O)N[C@@H]1[C@@H](O[C@@H]2O[C@@H](C)[C@@H](OCc3ccccc3)[C@@H](OCc3ccccc3)[C@@H]2OCc2ccccc2)[C@H](OC2OC(COCc3ccccc3)C(OC(C)=O)C(OC(C)=O)C2OC(C)=O)[C@@H](COCc2ccccc2)O[C@H]1N=[N+]=[N-]. The Morgan fingerprint density at radius 1 is 0.463 bits per heavy atom. The smallest absolute Gasteiger partial charge is 0.303 e. The molecular weight excluding hydrogens is 1060 g/mol. The summed E-state index contributed by atoms with van der Waals surface area (Å²) in [6.07, 6.45) is -18.2. The first-order chi connectivity index (χ1) is 39.8. The molecule has 3 aliphatic heterocycles. The van der Waals surface area contributed by atoms with Crippen molar-refractivity contribution in [1.29, 1.82) is 0 Å². The van der Waals surface area contributed by atoms with Crippen molar-refractivity contribution >= 4 is 23.8 Å². The zero-order chi connectivity index (χ0) is 57.8. The minimum absolute atomic E-state index is 0.0502. The van der Waals surface area contributed by atoms with Gasteiger partial charge in [0.25, 0.3) is 0 Å². The maximum absolute atomic E-state index is 13.5. The summed E-state index contributed by atoms with van der Waals surface area (Å²) in [5.41, 5.74) is 14.3. The van der Waals surface area contributed by atoms with Crippen LogP contribution >= 0.6 is 0 Å². The van der Waals surface area contributed by atoms with Crippen LogP contribution in [0.5, 0.6) is 0 Å². The number of benzene rings is 5. The van der Waals surface area contributed by atoms with Gasteiger partial charge < -0.3 is 66.9 Å². The zero-order valence-electron chi connectivity index (χ0n) is 46.3. The highest BCUT2D eigenvalue weighted by Gasteiger charge is 2.58. The van der Waals surface area contributed by atoms with Crippen molar-refractivity contribution in [3.05, 3.63) is 190 Å². The number of rotatable bonds is 26. The molecule has 0 bridgehead atoms. The molecule has 0 aliphatic carbocycles. The van der Waals surface area contributed by atoms with E-state index in [0.717, 1.165) is 41.7 Å². The van der Waals surface area contributed by atoms with Crippen LogP contribution in [0.3, 0.4) is 0 Å². The van der Waals surface area contributed by atoms with Gasteiger partial charge in [0.05, 0.1) is 58.4 Å². The normalized spacial score (nSPS) is 27.9. The van der Waals surface area contributed by atoms with Gasteiger partial charge in [-0.3, -0.25) is 19.2 Å². The van der Waals surface area contributed by atoms with Crippen molar-refractivity contribution in [3.63, 3.8) is 0 Å². The van der Waals surface area contributed by atoms with E-state index in [1.807, 2.05) is 159 Å². The van der Waals surface area contributed by atoms with Crippen LogP contribution in [0, 0.1) is 0 Å². The Balaban J connectivity index is 1.23. The Hall–Kier alpha value is -7.11. The Bertz CT molecular complexity index is 2820. The van der Waals surface area contributed by atoms with Crippen molar-refractivity contribution in [2.45, 2.75) is 160 Å². The number of hydrogen-bond acceptors (Lipinski definition) is 18. The van der Waals surface area contributed by atoms with E-state index in [1.165, 1.54) is 13.8 Å². The third-order valence-electron chi connectivity index (χ3n) is 13.7. The van der Waals surface area contributed by atoms with Gasteiger partial charge in [0.2, 0.25) is 5.91 Å². The Labute approximate surface area is 476 Å². The second-order valence-electron chi connectivity index (χ2n) is 20.0. The molecule has 8 rings (SSSR count). The second kappa shape index (κ2) is 30.8. The van der Waals surface area contributed by atoms with Gasteiger partial charge in [0.15, 0.2) is 37.1 Å². The van der Waals surface area contributed by atoms with Gasteiger partial charge in [-0.25, -0.2) is 0 Å². The van der Waals surface area contributed by atoms with Crippen molar-refractivity contribution in [3.8, 4) is 0 Å². The number of azide groups is 1. The van der Waals surface area contributed by atoms with Crippen LogP contribution in [0.2, 0.25) is 0 Å². The summed E-state index contributed by atoms with van der Waals surface area (Å²) in [7, 11) is 0. The van der Waals surface area contributed by atoms with Gasteiger partial charge in [-0.05, 0) is 40.3 Å². The first-order valence-electron chi connectivity index (χ1n) is 27.1. The lowest BCUT2D eigenvalue weighted by Crippen LogP contribution is -2.70. The molecule has 0 radical (unpaired) electrons. The molecular formula is C61H70N4O17. The summed E-state index contributed by atoms with van der Waals surface area (Å²) >= 11 is 0. The van der Waals surface area contributed by atoms with Gasteiger partial charge in [0, 0.05) is 32.6 Å². The Kier molecular flexibility index (Phi) is 22.9. The van der Waals surface area contributed by atoms with Crippen LogP contribution in [0.25, 0.3) is 10.4 Å². The van der Waals surface area contributed by atoms with E-state index in [0.29, 0.717) is 0 Å². The molecule has 0 aromatic heterocycles. The van der Waals surface area contributed by atoms with Gasteiger partial charge in [-0.15, -0.1) is 0 Å². The standard InChI is InChI=1S/C61H70N4O17/c1-38-51(72-33-45-25-15-8-16-26-45)55(73-34-46-27-17-9-18-28-46)57(74-35-47-29-19-10-20-30-47)60(75-38)82-54-50(63-39(2)66)59(64-65-62)79-48(36-70-31-43-21-11-6-12-22-43)52(54)81-61-58(78-42(5)69)56(77-41(4)68)53(76-40(3)67)49(80-61)37-71-32-44-23-13-7-14-24-44/h6-30,38,48-61H,31-37H2,1-5H3,(H,63,66)/t38-,48+,49?,50+,51+,52+,53?,54+,55+,56?,57-,58?,59+,60-,61?/m0/s1. The van der Waals surface area contributed by atoms with E-state index in [9.17, 15) is 24.7 Å². The van der Waals surface area contributed by atoms with Crippen LogP contribution < -0.4 is 5.32 Å². The minimum atomic E-state index is -1.72. The predicted octanol–water partition coefficient (Wildman–Crippen LogP) is 7.75. The summed E-state index contributed by atoms with van der Waals surface area (Å²) in [6.45, 7) is 6.54. The third kappa shape index (κ3) is 17.5. The number of nitrogens with zero attached hydrogens (tertiary/aromatic N) is 3. The number of carbonyl (C=O) groups is 4. The molecule has 5 aromatic rings. The highest BCUT2D eigenvalue weighted by atomic mass is 16.8. The Morgan fingerprint density at radius 3 is 1.30 bits per heavy atom. The van der Waals surface area contributed by atoms with Crippen LogP contribution in [0.4, 0.5) is 0 Å². The molecule has 0 spiro atoms. The average molecular weight is 1130 g/mol. The molecule has 21 heteroatoms. The number of amides is 1. The number of nitrogens with one attached hydrogen (secondary N) is 1. The fourth-order valence-electron chi connectivity index (χ4n) is 10.0. The molecule has 5 unspecified atom stereocenters. The average Bonchev–Trinajstić information content (AvgIpc) is 2.78. The van der Waals surface area contributed by atoms with Gasteiger partial charge in [-0.2, -0.15) is 0 Å². The van der Waals surface area contributed by atoms with Crippen molar-refractivity contribution in [1.82, 2.24) is 5.32 Å². The molecule has 3 fully saturated rings. The largest absolute Gasteiger partial charge is 0.456 e. The van der Waals surface area contributed by atoms with E-state index >= 15 is 0 Å². The maximum atomic E-state index is 13.5. The maximum Gasteiger partial charge on any atom is 0.303 e. The van der Waals surface area contributed by atoms with Crippen LogP contribution in [0.1, 0.15) is 62.4 Å². The van der Waals surface area contributed by atoms with Gasteiger partial charge in [0.1, 0.15) is 42.7 Å². The van der Waals surface area contributed by atoms with E-state index in [1.54, 1.807) is 0 Å². The third-order valence-corrected chi connectivity index (χ3v) is 13.7. The van der Waals surface area contributed by atoms with Crippen LogP contribution in [-0.2, 0) is 114 Å². The van der Waals surface area contributed by atoms with Gasteiger partial charge in [-0.1, -0.05) is 157 Å². The minimum Gasteiger partial charge on any atom is -0.456 e. The second-order valence-corrected chi connectivity index (χ2v) is 20.0. The quantitative estimate of drug-likeness (QED) is 0.0183. The van der Waals surface area contributed by atoms with E-state index < -0.39 is 116 Å². The topological polar surface area (TPSA) is 249 Å². The van der Waals surface area contributed by atoms with Crippen molar-refractivity contribution < 1.29 is 80.8 Å². The monoisotopic (exact) mass is 1130 g/mol. The number of hydrogen-bond donors (Lipinski definition) is 1. The van der Waals surface area contributed by atoms with Crippen molar-refractivity contribution in [2.75, 3.05) is 13.2 Å². The zero-order valence-corrected chi connectivity index (χ0v) is 46.3. The molecule has 5 aromatic carbocycles. The number of ether oxygens (including phenoxy) is 13. The fraction of sp³-hybridized carbons (Fsp3) is 0.443. The number of esters is 3. The molecule has 82 heavy (non-hydrogen) atoms. The predicted molar refractivity (Wildman–Crippen MR) is 292 cm³/mol. The van der Waals surface area contributed by atoms with Crippen LogP contribution in [-0.4, -0.2) is 129 Å². The summed E-state index contributed by atoms with van der Waals surface area (Å²) in [6, 6.07) is 45.9. The van der Waals surface area contributed by atoms with E-state index in [-0.39, 0.29) is 46.2 Å². The Morgan fingerprint density at radius 2 is 0.854 bits per heavy atom. The first-order valence-corrected chi connectivity index (χ1v) is 27.1. The molecule has 3 aliphatic rings. The van der Waals surface area contributed by atoms with Gasteiger partial charge >= 0.3 is 17.9 Å². The molecule has 0 saturated carbocycles. The van der Waals surface area contributed by atoms with E-state index in [4.69, 9.17) is 61.6 Å². The highest BCUT2D eigenvalue weighted by Crippen LogP contribution is 2.38. The summed E-state index contributed by atoms with van der Waals surface area (Å²) in [5, 5.41) is 6.91. The molecule has 3 heterocycles. The highest BCUT2D eigenvalue weighted by molar-refractivity contribution is 5.73. The first kappa shape index (κ1) is 61.0. The number of carbonyl (C=O) groups excluding carboxylic acids is 4. The lowest BCUT2D eigenvalue weighted by molar-refractivity contribution is -0.369. The summed E-state index contributed by atoms with van der Waals surface area (Å²) in [5.74, 6) is -3.01. The van der Waals surface area contributed by atoms with E-state index in [2.05, 4.69) is 15.3 Å². The molecule has 1 N–H and O–H groups in total. The lowest BCUT2D eigenvalue weighted by Gasteiger charge is -2.51. The summed E-state index contributed by atoms with van der Waals surface area (Å²) in [4.78, 5) is 55.8. The molecule has 15 atom stereocenters. The lowest BCUT2D eigenvalue weighted by atomic mass is 9.93. The molecule has 3 saturated heterocycles. The molecule has 1 amide bonds. The van der Waals surface area contributed by atoms with Crippen molar-refractivity contribution in [2.24, 2.45) is 5.11 Å². The molecule has 21 nitrogen and oxygen atoms in total. The fourth-order valence-corrected chi connectivity index (χ4v) is 10.0. The molecule has 436 valence electrons.